The minimum Gasteiger partial charge on any atom is -0.456 e. The molecule has 0 heterocycles. The zero-order valence-corrected chi connectivity index (χ0v) is 12.2. The summed E-state index contributed by atoms with van der Waals surface area (Å²) in [5, 5.41) is 1.93. The fourth-order valence-electron chi connectivity index (χ4n) is 1.77. The molecule has 0 N–H and O–H groups in total. The quantitative estimate of drug-likeness (QED) is 0.722. The van der Waals surface area contributed by atoms with Crippen LogP contribution in [0.4, 0.5) is 0 Å². The molecule has 0 spiro atoms. The van der Waals surface area contributed by atoms with Crippen LogP contribution in [0.1, 0.15) is 31.1 Å². The van der Waals surface area contributed by atoms with E-state index in [-0.39, 0.29) is 5.97 Å². The van der Waals surface area contributed by atoms with E-state index in [1.165, 1.54) is 0 Å². The van der Waals surface area contributed by atoms with Gasteiger partial charge in [-0.3, -0.25) is 0 Å². The van der Waals surface area contributed by atoms with Crippen LogP contribution in [0.3, 0.4) is 0 Å². The summed E-state index contributed by atoms with van der Waals surface area (Å²) in [5.74, 6) is -0.282. The van der Waals surface area contributed by atoms with Crippen LogP contribution in [0.5, 0.6) is 0 Å². The van der Waals surface area contributed by atoms with Crippen LogP contribution < -0.4 is 0 Å². The van der Waals surface area contributed by atoms with Crippen LogP contribution in [0, 0.1) is 0 Å². The van der Waals surface area contributed by atoms with Crippen LogP contribution in [0.25, 0.3) is 10.8 Å². The van der Waals surface area contributed by atoms with Gasteiger partial charge in [0.25, 0.3) is 0 Å². The Bertz CT molecular complexity index is 597. The van der Waals surface area contributed by atoms with Crippen molar-refractivity contribution in [3.63, 3.8) is 0 Å². The summed E-state index contributed by atoms with van der Waals surface area (Å²) in [6, 6.07) is 11.5. The van der Waals surface area contributed by atoms with Gasteiger partial charge < -0.3 is 4.74 Å². The summed E-state index contributed by atoms with van der Waals surface area (Å²) in [7, 11) is 0. The van der Waals surface area contributed by atoms with E-state index in [1.807, 2.05) is 51.1 Å². The van der Waals surface area contributed by atoms with E-state index in [9.17, 15) is 4.79 Å². The Morgan fingerprint density at radius 2 is 1.89 bits per heavy atom. The predicted molar refractivity (Wildman–Crippen MR) is 76.8 cm³/mol. The van der Waals surface area contributed by atoms with Crippen LogP contribution >= 0.6 is 15.9 Å². The van der Waals surface area contributed by atoms with Crippen molar-refractivity contribution in [1.29, 1.82) is 0 Å². The van der Waals surface area contributed by atoms with Gasteiger partial charge in [0, 0.05) is 4.47 Å². The molecule has 2 rings (SSSR count). The minimum absolute atomic E-state index is 0.282. The Morgan fingerprint density at radius 3 is 2.56 bits per heavy atom. The van der Waals surface area contributed by atoms with Gasteiger partial charge in [0.2, 0.25) is 0 Å². The van der Waals surface area contributed by atoms with E-state index in [4.69, 9.17) is 4.74 Å². The van der Waals surface area contributed by atoms with Gasteiger partial charge in [-0.05, 0) is 49.7 Å². The normalized spacial score (nSPS) is 11.6. The molecule has 0 saturated carbocycles. The molecule has 2 nitrogen and oxygen atoms in total. The molecule has 0 atom stereocenters. The van der Waals surface area contributed by atoms with Gasteiger partial charge >= 0.3 is 5.97 Å². The number of fused-ring (bicyclic) bond motifs is 1. The van der Waals surface area contributed by atoms with E-state index in [0.29, 0.717) is 5.56 Å². The number of esters is 1. The van der Waals surface area contributed by atoms with E-state index < -0.39 is 5.60 Å². The first kappa shape index (κ1) is 13.1. The van der Waals surface area contributed by atoms with Crippen molar-refractivity contribution in [2.45, 2.75) is 26.4 Å². The highest BCUT2D eigenvalue weighted by atomic mass is 79.9. The predicted octanol–water partition coefficient (Wildman–Crippen LogP) is 4.56. The summed E-state index contributed by atoms with van der Waals surface area (Å²) < 4.78 is 6.41. The van der Waals surface area contributed by atoms with Gasteiger partial charge in [-0.1, -0.05) is 34.1 Å². The molecule has 18 heavy (non-hydrogen) atoms. The van der Waals surface area contributed by atoms with Gasteiger partial charge in [0.15, 0.2) is 0 Å². The maximum atomic E-state index is 12.1. The lowest BCUT2D eigenvalue weighted by Gasteiger charge is -2.20. The molecule has 0 amide bonds. The Hall–Kier alpha value is -1.35. The summed E-state index contributed by atoms with van der Waals surface area (Å²) in [6.07, 6.45) is 0. The van der Waals surface area contributed by atoms with E-state index >= 15 is 0 Å². The average Bonchev–Trinajstić information content (AvgIpc) is 2.25. The molecule has 0 fully saturated rings. The van der Waals surface area contributed by atoms with Crippen molar-refractivity contribution in [3.8, 4) is 0 Å². The Labute approximate surface area is 115 Å². The standard InChI is InChI=1S/C15H15BrO2/c1-15(2,3)18-14(17)13-6-4-5-10-9-11(16)7-8-12(10)13/h4-9H,1-3H3. The average molecular weight is 307 g/mol. The second-order valence-electron chi connectivity index (χ2n) is 5.17. The first-order valence-electron chi connectivity index (χ1n) is 5.78. The molecule has 94 valence electrons. The van der Waals surface area contributed by atoms with Crippen molar-refractivity contribution < 1.29 is 9.53 Å². The fraction of sp³-hybridized carbons (Fsp3) is 0.267. The molecule has 0 radical (unpaired) electrons. The van der Waals surface area contributed by atoms with Crippen molar-refractivity contribution >= 4 is 32.7 Å². The second kappa shape index (κ2) is 4.73. The molecule has 0 saturated heterocycles. The molecule has 2 aromatic carbocycles. The van der Waals surface area contributed by atoms with Gasteiger partial charge in [-0.15, -0.1) is 0 Å². The molecule has 0 aromatic heterocycles. The fourth-order valence-corrected chi connectivity index (χ4v) is 2.14. The third-order valence-electron chi connectivity index (χ3n) is 2.46. The van der Waals surface area contributed by atoms with Crippen LogP contribution in [0.15, 0.2) is 40.9 Å². The number of carbonyl (C=O) groups is 1. The zero-order chi connectivity index (χ0) is 13.3. The van der Waals surface area contributed by atoms with Crippen molar-refractivity contribution in [2.24, 2.45) is 0 Å². The van der Waals surface area contributed by atoms with Crippen LogP contribution in [0.2, 0.25) is 0 Å². The second-order valence-corrected chi connectivity index (χ2v) is 6.09. The van der Waals surface area contributed by atoms with Crippen LogP contribution in [-0.2, 0) is 4.74 Å². The summed E-state index contributed by atoms with van der Waals surface area (Å²) in [4.78, 5) is 12.1. The molecule has 0 aliphatic rings. The van der Waals surface area contributed by atoms with Gasteiger partial charge in [-0.25, -0.2) is 4.79 Å². The largest absolute Gasteiger partial charge is 0.456 e. The van der Waals surface area contributed by atoms with Crippen molar-refractivity contribution in [3.05, 3.63) is 46.4 Å². The van der Waals surface area contributed by atoms with E-state index in [0.717, 1.165) is 15.2 Å². The monoisotopic (exact) mass is 306 g/mol. The van der Waals surface area contributed by atoms with Crippen molar-refractivity contribution in [1.82, 2.24) is 0 Å². The maximum Gasteiger partial charge on any atom is 0.339 e. The van der Waals surface area contributed by atoms with Gasteiger partial charge in [0.05, 0.1) is 5.56 Å². The Morgan fingerprint density at radius 1 is 1.17 bits per heavy atom. The molecule has 0 unspecified atom stereocenters. The first-order valence-corrected chi connectivity index (χ1v) is 6.58. The Balaban J connectivity index is 2.48. The molecule has 0 aliphatic carbocycles. The number of rotatable bonds is 1. The molecule has 2 aromatic rings. The minimum atomic E-state index is -0.478. The molecule has 0 bridgehead atoms. The van der Waals surface area contributed by atoms with Gasteiger partial charge in [0.1, 0.15) is 5.60 Å². The lowest BCUT2D eigenvalue weighted by atomic mass is 10.0. The number of halogens is 1. The molecular formula is C15H15BrO2. The highest BCUT2D eigenvalue weighted by Crippen LogP contribution is 2.24. The number of hydrogen-bond donors (Lipinski definition) is 0. The van der Waals surface area contributed by atoms with Crippen molar-refractivity contribution in [2.75, 3.05) is 0 Å². The molecule has 3 heteroatoms. The first-order chi connectivity index (χ1) is 8.37. The lowest BCUT2D eigenvalue weighted by molar-refractivity contribution is 0.00719. The number of carbonyl (C=O) groups excluding carboxylic acids is 1. The molecule has 0 aliphatic heterocycles. The lowest BCUT2D eigenvalue weighted by Crippen LogP contribution is -2.24. The summed E-state index contributed by atoms with van der Waals surface area (Å²) in [5.41, 5.74) is 0.129. The number of hydrogen-bond acceptors (Lipinski definition) is 2. The van der Waals surface area contributed by atoms with E-state index in [1.54, 1.807) is 6.07 Å². The third kappa shape index (κ3) is 2.91. The third-order valence-corrected chi connectivity index (χ3v) is 2.95. The SMILES string of the molecule is CC(C)(C)OC(=O)c1cccc2cc(Br)ccc12. The van der Waals surface area contributed by atoms with Crippen LogP contribution in [-0.4, -0.2) is 11.6 Å². The Kier molecular flexibility index (Phi) is 3.44. The van der Waals surface area contributed by atoms with Gasteiger partial charge in [-0.2, -0.15) is 0 Å². The smallest absolute Gasteiger partial charge is 0.339 e. The topological polar surface area (TPSA) is 26.3 Å². The zero-order valence-electron chi connectivity index (χ0n) is 10.7. The molecular weight excluding hydrogens is 292 g/mol. The maximum absolute atomic E-state index is 12.1. The number of ether oxygens (including phenoxy) is 1. The highest BCUT2D eigenvalue weighted by molar-refractivity contribution is 9.10. The highest BCUT2D eigenvalue weighted by Gasteiger charge is 2.19. The van der Waals surface area contributed by atoms with E-state index in [2.05, 4.69) is 15.9 Å². The number of benzene rings is 2. The summed E-state index contributed by atoms with van der Waals surface area (Å²) >= 11 is 3.43. The summed E-state index contributed by atoms with van der Waals surface area (Å²) in [6.45, 7) is 5.60.